The molecule has 66 heavy (non-hydrogen) atoms. The molecule has 2 aliphatic heterocycles. The van der Waals surface area contributed by atoms with Gasteiger partial charge in [0, 0.05) is 42.8 Å². The second kappa shape index (κ2) is 21.1. The van der Waals surface area contributed by atoms with Crippen molar-refractivity contribution in [1.82, 2.24) is 19.1 Å². The third-order valence-electron chi connectivity index (χ3n) is 11.4. The summed E-state index contributed by atoms with van der Waals surface area (Å²) in [6.07, 6.45) is -3.50. The standard InChI is InChI=1S/C46H51N4O15P/c1-27-23-49(44(55)47-42(27)53)39-21-35(64-41(52)20-11-29(3)51)38(63-39)26-61-66(57)65-36-22-40(50-24-28(2)43(54)48-45(50)56)62-37(36)25-60-46(30-9-7-6-8-10-30,31-12-16-33(58-4)17-13-31)32-14-18-34(59-5)19-15-32/h6-10,12-19,23-24,35-40,57H,11,20-22,25-26H2,1-5H3,(H,47,53,55)(H,48,54,56)/t35-,36-,37+,38+,39+,40+,66?/m0/s1. The van der Waals surface area contributed by atoms with Gasteiger partial charge in [0.05, 0.1) is 40.0 Å². The third-order valence-corrected chi connectivity index (χ3v) is 12.3. The Labute approximate surface area is 379 Å². The number of benzene rings is 3. The molecule has 2 aliphatic rings. The number of aryl methyl sites for hydroxylation is 2. The van der Waals surface area contributed by atoms with Gasteiger partial charge in [0.1, 0.15) is 53.7 Å². The number of carbonyl (C=O) groups is 2. The summed E-state index contributed by atoms with van der Waals surface area (Å²) >= 11 is 0. The van der Waals surface area contributed by atoms with E-state index in [2.05, 4.69) is 9.97 Å². The van der Waals surface area contributed by atoms with Crippen molar-refractivity contribution >= 4 is 20.4 Å². The number of esters is 1. The van der Waals surface area contributed by atoms with Crippen LogP contribution in [0.25, 0.3) is 0 Å². The van der Waals surface area contributed by atoms with Crippen LogP contribution in [0.2, 0.25) is 0 Å². The highest BCUT2D eigenvalue weighted by atomic mass is 31.2. The molecular weight excluding hydrogens is 879 g/mol. The number of aromatic nitrogens is 4. The maximum atomic E-state index is 13.2. The van der Waals surface area contributed by atoms with Crippen LogP contribution >= 0.6 is 8.60 Å². The van der Waals surface area contributed by atoms with Crippen molar-refractivity contribution in [1.29, 1.82) is 0 Å². The lowest BCUT2D eigenvalue weighted by Crippen LogP contribution is -2.38. The molecular formula is C46H51N4O15P. The molecule has 0 radical (unpaired) electrons. The number of hydrogen-bond acceptors (Lipinski definition) is 15. The maximum Gasteiger partial charge on any atom is 0.330 e. The summed E-state index contributed by atoms with van der Waals surface area (Å²) in [4.78, 5) is 90.8. The van der Waals surface area contributed by atoms with Gasteiger partial charge in [-0.15, -0.1) is 0 Å². The molecule has 0 bridgehead atoms. The van der Waals surface area contributed by atoms with Crippen molar-refractivity contribution in [3.63, 3.8) is 0 Å². The molecule has 0 amide bonds. The number of carbonyl (C=O) groups excluding carboxylic acids is 2. The Bertz CT molecular complexity index is 2670. The first kappa shape index (κ1) is 47.9. The predicted octanol–water partition coefficient (Wildman–Crippen LogP) is 4.21. The van der Waals surface area contributed by atoms with E-state index in [4.69, 9.17) is 37.5 Å². The Balaban J connectivity index is 1.17. The Morgan fingerprint density at radius 3 is 1.70 bits per heavy atom. The van der Waals surface area contributed by atoms with Crippen molar-refractivity contribution in [3.05, 3.63) is 161 Å². The van der Waals surface area contributed by atoms with E-state index in [9.17, 15) is 33.7 Å². The van der Waals surface area contributed by atoms with E-state index in [1.165, 1.54) is 35.4 Å². The number of rotatable bonds is 19. The first-order chi connectivity index (χ1) is 31.7. The van der Waals surface area contributed by atoms with Crippen molar-refractivity contribution in [3.8, 4) is 11.5 Å². The number of nitrogens with one attached hydrogen (secondary N) is 2. The molecule has 0 saturated carbocycles. The van der Waals surface area contributed by atoms with E-state index < -0.39 is 79.5 Å². The maximum absolute atomic E-state index is 13.2. The molecule has 4 heterocycles. The highest BCUT2D eigenvalue weighted by Gasteiger charge is 2.45. The monoisotopic (exact) mass is 930 g/mol. The Morgan fingerprint density at radius 2 is 1.20 bits per heavy atom. The number of methoxy groups -OCH3 is 2. The van der Waals surface area contributed by atoms with Crippen LogP contribution in [0, 0.1) is 13.8 Å². The number of ether oxygens (including phenoxy) is 6. The molecule has 0 spiro atoms. The van der Waals surface area contributed by atoms with E-state index in [0.717, 1.165) is 16.7 Å². The number of H-pyrrole nitrogens is 2. The molecule has 1 unspecified atom stereocenters. The molecule has 20 heteroatoms. The zero-order valence-electron chi connectivity index (χ0n) is 36.9. The smallest absolute Gasteiger partial charge is 0.330 e. The van der Waals surface area contributed by atoms with Gasteiger partial charge in [0.2, 0.25) is 0 Å². The predicted molar refractivity (Wildman–Crippen MR) is 237 cm³/mol. The van der Waals surface area contributed by atoms with Gasteiger partial charge in [-0.3, -0.25) is 33.5 Å². The lowest BCUT2D eigenvalue weighted by Gasteiger charge is -2.37. The third kappa shape index (κ3) is 10.8. The summed E-state index contributed by atoms with van der Waals surface area (Å²) in [5, 5.41) is 0. The van der Waals surface area contributed by atoms with Crippen molar-refractivity contribution < 1.29 is 52.0 Å². The van der Waals surface area contributed by atoms with E-state index in [1.807, 2.05) is 78.9 Å². The van der Waals surface area contributed by atoms with E-state index >= 15 is 0 Å². The summed E-state index contributed by atoms with van der Waals surface area (Å²) in [5.41, 5.74) is -1.14. The van der Waals surface area contributed by atoms with Gasteiger partial charge < -0.3 is 47.2 Å². The average molecular weight is 931 g/mol. The zero-order valence-corrected chi connectivity index (χ0v) is 37.8. The molecule has 2 aromatic heterocycles. The molecule has 7 atom stereocenters. The normalized spacial score (nSPS) is 21.1. The van der Waals surface area contributed by atoms with Gasteiger partial charge >= 0.3 is 26.0 Å². The van der Waals surface area contributed by atoms with Crippen LogP contribution in [0.1, 0.15) is 72.9 Å². The van der Waals surface area contributed by atoms with Crippen LogP contribution in [0.4, 0.5) is 0 Å². The number of aromatic amines is 2. The Morgan fingerprint density at radius 1 is 0.712 bits per heavy atom. The molecule has 2 saturated heterocycles. The summed E-state index contributed by atoms with van der Waals surface area (Å²) < 4.78 is 50.8. The molecule has 350 valence electrons. The molecule has 19 nitrogen and oxygen atoms in total. The molecule has 3 N–H and O–H groups in total. The minimum atomic E-state index is -2.75. The summed E-state index contributed by atoms with van der Waals surface area (Å²) in [5.74, 6) is 0.360. The Kier molecular flexibility index (Phi) is 15.3. The van der Waals surface area contributed by atoms with Crippen LogP contribution < -0.4 is 32.0 Å². The van der Waals surface area contributed by atoms with E-state index in [0.29, 0.717) is 11.5 Å². The average Bonchev–Trinajstić information content (AvgIpc) is 3.91. The topological polar surface area (TPSA) is 238 Å². The lowest BCUT2D eigenvalue weighted by atomic mass is 9.80. The largest absolute Gasteiger partial charge is 0.497 e. The van der Waals surface area contributed by atoms with Gasteiger partial charge in [-0.1, -0.05) is 54.6 Å². The molecule has 3 aromatic carbocycles. The van der Waals surface area contributed by atoms with Crippen molar-refractivity contribution in [2.24, 2.45) is 0 Å². The number of nitrogens with zero attached hydrogens (tertiary/aromatic N) is 2. The van der Waals surface area contributed by atoms with Gasteiger partial charge in [-0.2, -0.15) is 0 Å². The van der Waals surface area contributed by atoms with Crippen LogP contribution in [0.3, 0.4) is 0 Å². The fourth-order valence-corrected chi connectivity index (χ4v) is 8.74. The van der Waals surface area contributed by atoms with Crippen molar-refractivity contribution in [2.45, 2.75) is 88.9 Å². The summed E-state index contributed by atoms with van der Waals surface area (Å²) in [6, 6.07) is 24.4. The van der Waals surface area contributed by atoms with Crippen LogP contribution in [0.5, 0.6) is 11.5 Å². The summed E-state index contributed by atoms with van der Waals surface area (Å²) in [7, 11) is 0.394. The minimum absolute atomic E-state index is 0.00154. The highest BCUT2D eigenvalue weighted by Crippen LogP contribution is 2.46. The fourth-order valence-electron chi connectivity index (χ4n) is 7.95. The van der Waals surface area contributed by atoms with E-state index in [1.54, 1.807) is 21.1 Å². The SMILES string of the molecule is COc1ccc(C(OC[C@H]2O[C@@H](n3cc(C)c(=O)[nH]c3=O)C[C@@H]2OP(O)OC[C@H]2O[C@@H](n3cc(C)c(=O)[nH]c3=O)C[C@@H]2OC(=O)CCC(C)=O)(c2ccccc2)c2ccc(OC)cc2)cc1. The van der Waals surface area contributed by atoms with Gasteiger partial charge in [-0.05, 0) is 61.7 Å². The number of ketones is 1. The van der Waals surface area contributed by atoms with Crippen LogP contribution in [-0.4, -0.2) is 87.6 Å². The highest BCUT2D eigenvalue weighted by molar-refractivity contribution is 7.40. The second-order valence-electron chi connectivity index (χ2n) is 15.9. The lowest BCUT2D eigenvalue weighted by molar-refractivity contribution is -0.153. The molecule has 5 aromatic rings. The van der Waals surface area contributed by atoms with Crippen molar-refractivity contribution in [2.75, 3.05) is 27.4 Å². The second-order valence-corrected chi connectivity index (χ2v) is 16.9. The van der Waals surface area contributed by atoms with Gasteiger partial charge in [-0.25, -0.2) is 9.59 Å². The zero-order chi connectivity index (χ0) is 47.1. The van der Waals surface area contributed by atoms with Gasteiger partial charge in [0.15, 0.2) is 0 Å². The van der Waals surface area contributed by atoms with Crippen LogP contribution in [-0.2, 0) is 43.2 Å². The molecule has 2 fully saturated rings. The van der Waals surface area contributed by atoms with Gasteiger partial charge in [0.25, 0.3) is 11.1 Å². The molecule has 7 rings (SSSR count). The number of Topliss-reactive ketones (excluding diaryl/α,β-unsaturated/α-hetero) is 1. The first-order valence-corrected chi connectivity index (χ1v) is 22.2. The fraction of sp³-hybridized carbons (Fsp3) is 0.391. The molecule has 0 aliphatic carbocycles. The van der Waals surface area contributed by atoms with E-state index in [-0.39, 0.29) is 55.8 Å². The number of hydrogen-bond donors (Lipinski definition) is 3. The Hall–Kier alpha value is -6.05. The minimum Gasteiger partial charge on any atom is -0.497 e. The van der Waals surface area contributed by atoms with Crippen LogP contribution in [0.15, 0.2) is 110 Å². The first-order valence-electron chi connectivity index (χ1n) is 21.1. The summed E-state index contributed by atoms with van der Waals surface area (Å²) in [6.45, 7) is 3.86. The quantitative estimate of drug-likeness (QED) is 0.0598.